The zero-order valence-electron chi connectivity index (χ0n) is 15.0. The van der Waals surface area contributed by atoms with E-state index in [9.17, 15) is 0 Å². The van der Waals surface area contributed by atoms with Crippen LogP contribution in [0.25, 0.3) is 0 Å². The van der Waals surface area contributed by atoms with Crippen molar-refractivity contribution in [3.05, 3.63) is 53.9 Å². The van der Waals surface area contributed by atoms with Crippen molar-refractivity contribution in [3.63, 3.8) is 0 Å². The molecular formula is C19H29N5. The van der Waals surface area contributed by atoms with E-state index in [-0.39, 0.29) is 0 Å². The van der Waals surface area contributed by atoms with E-state index < -0.39 is 0 Å². The van der Waals surface area contributed by atoms with Gasteiger partial charge in [0.05, 0.1) is 13.1 Å². The van der Waals surface area contributed by atoms with Crippen molar-refractivity contribution in [2.45, 2.75) is 40.3 Å². The summed E-state index contributed by atoms with van der Waals surface area (Å²) in [5.74, 6) is 1.58. The molecule has 24 heavy (non-hydrogen) atoms. The van der Waals surface area contributed by atoms with Gasteiger partial charge in [0.25, 0.3) is 0 Å². The van der Waals surface area contributed by atoms with Crippen LogP contribution < -0.4 is 10.6 Å². The largest absolute Gasteiger partial charge is 0.357 e. The molecule has 0 bridgehead atoms. The zero-order valence-corrected chi connectivity index (χ0v) is 15.0. The topological polar surface area (TPSA) is 54.2 Å². The van der Waals surface area contributed by atoms with Crippen LogP contribution in [-0.2, 0) is 13.1 Å². The number of hydrogen-bond donors (Lipinski definition) is 2. The molecule has 130 valence electrons. The summed E-state index contributed by atoms with van der Waals surface area (Å²) >= 11 is 0. The number of hydrogen-bond acceptors (Lipinski definition) is 2. The van der Waals surface area contributed by atoms with Crippen LogP contribution in [-0.4, -0.2) is 28.8 Å². The van der Waals surface area contributed by atoms with Gasteiger partial charge in [-0.15, -0.1) is 0 Å². The first kappa shape index (κ1) is 18.0. The predicted molar refractivity (Wildman–Crippen MR) is 100 cm³/mol. The van der Waals surface area contributed by atoms with Gasteiger partial charge in [0.1, 0.15) is 0 Å². The molecule has 0 aliphatic carbocycles. The monoisotopic (exact) mass is 327 g/mol. The van der Waals surface area contributed by atoms with E-state index in [1.54, 1.807) is 6.20 Å². The van der Waals surface area contributed by atoms with Gasteiger partial charge in [0.15, 0.2) is 5.96 Å². The molecule has 1 aromatic heterocycles. The Balaban J connectivity index is 1.94. The summed E-state index contributed by atoms with van der Waals surface area (Å²) < 4.78 is 1.93. The number of aromatic nitrogens is 2. The number of rotatable bonds is 8. The number of nitrogens with zero attached hydrogens (tertiary/aromatic N) is 3. The Labute approximate surface area is 145 Å². The normalized spacial score (nSPS) is 11.8. The fourth-order valence-electron chi connectivity index (χ4n) is 2.40. The molecule has 2 N–H and O–H groups in total. The Morgan fingerprint density at radius 2 is 2.04 bits per heavy atom. The molecule has 0 radical (unpaired) electrons. The number of benzene rings is 1. The van der Waals surface area contributed by atoms with Gasteiger partial charge in [-0.25, -0.2) is 4.99 Å². The molecule has 0 spiro atoms. The van der Waals surface area contributed by atoms with Gasteiger partial charge in [-0.2, -0.15) is 5.10 Å². The van der Waals surface area contributed by atoms with Crippen molar-refractivity contribution >= 4 is 5.96 Å². The lowest BCUT2D eigenvalue weighted by Crippen LogP contribution is -2.38. The van der Waals surface area contributed by atoms with Crippen LogP contribution >= 0.6 is 0 Å². The minimum atomic E-state index is 0.671. The second-order valence-corrected chi connectivity index (χ2v) is 6.33. The summed E-state index contributed by atoms with van der Waals surface area (Å²) in [6.45, 7) is 9.83. The van der Waals surface area contributed by atoms with Crippen molar-refractivity contribution in [3.8, 4) is 0 Å². The molecule has 0 saturated carbocycles. The van der Waals surface area contributed by atoms with Crippen molar-refractivity contribution < 1.29 is 0 Å². The molecule has 2 rings (SSSR count). The number of aliphatic imine (C=N–C) groups is 1. The number of nitrogens with one attached hydrogen (secondary N) is 2. The third-order valence-electron chi connectivity index (χ3n) is 3.67. The van der Waals surface area contributed by atoms with E-state index in [2.05, 4.69) is 60.8 Å². The second kappa shape index (κ2) is 9.75. The molecule has 2 aromatic rings. The van der Waals surface area contributed by atoms with Crippen LogP contribution in [0.5, 0.6) is 0 Å². The summed E-state index contributed by atoms with van der Waals surface area (Å²) in [5.41, 5.74) is 2.45. The summed E-state index contributed by atoms with van der Waals surface area (Å²) in [6.07, 6.45) is 4.93. The van der Waals surface area contributed by atoms with Gasteiger partial charge in [-0.05, 0) is 36.5 Å². The molecular weight excluding hydrogens is 298 g/mol. The molecule has 0 saturated heterocycles. The summed E-state index contributed by atoms with van der Waals surface area (Å²) in [6, 6.07) is 10.5. The van der Waals surface area contributed by atoms with E-state index in [0.717, 1.165) is 32.0 Å². The zero-order chi connectivity index (χ0) is 17.2. The van der Waals surface area contributed by atoms with E-state index >= 15 is 0 Å². The Morgan fingerprint density at radius 1 is 1.21 bits per heavy atom. The average molecular weight is 327 g/mol. The molecule has 0 unspecified atom stereocenters. The minimum absolute atomic E-state index is 0.671. The molecule has 0 aliphatic rings. The van der Waals surface area contributed by atoms with Gasteiger partial charge in [0, 0.05) is 25.5 Å². The lowest BCUT2D eigenvalue weighted by Gasteiger charge is -2.12. The van der Waals surface area contributed by atoms with E-state index in [0.29, 0.717) is 12.5 Å². The third kappa shape index (κ3) is 6.44. The summed E-state index contributed by atoms with van der Waals surface area (Å²) in [5, 5.41) is 11.0. The Hall–Kier alpha value is -2.30. The quantitative estimate of drug-likeness (QED) is 0.579. The average Bonchev–Trinajstić information content (AvgIpc) is 3.05. The highest BCUT2D eigenvalue weighted by atomic mass is 15.3. The van der Waals surface area contributed by atoms with Crippen molar-refractivity contribution in [1.29, 1.82) is 0 Å². The van der Waals surface area contributed by atoms with Crippen molar-refractivity contribution in [2.75, 3.05) is 13.1 Å². The molecule has 0 amide bonds. The van der Waals surface area contributed by atoms with Crippen LogP contribution in [0.4, 0.5) is 0 Å². The van der Waals surface area contributed by atoms with Gasteiger partial charge in [-0.1, -0.05) is 38.1 Å². The maximum absolute atomic E-state index is 4.69. The second-order valence-electron chi connectivity index (χ2n) is 6.33. The molecule has 1 heterocycles. The lowest BCUT2D eigenvalue weighted by atomic mass is 10.1. The first-order valence-corrected chi connectivity index (χ1v) is 8.74. The maximum Gasteiger partial charge on any atom is 0.191 e. The molecule has 1 aromatic carbocycles. The van der Waals surface area contributed by atoms with Crippen LogP contribution in [0.15, 0.2) is 47.7 Å². The van der Waals surface area contributed by atoms with E-state index in [1.807, 2.05) is 16.9 Å². The van der Waals surface area contributed by atoms with Gasteiger partial charge >= 0.3 is 0 Å². The first-order valence-electron chi connectivity index (χ1n) is 8.74. The molecule has 0 atom stereocenters. The minimum Gasteiger partial charge on any atom is -0.357 e. The van der Waals surface area contributed by atoms with E-state index in [1.165, 1.54) is 11.1 Å². The molecule has 5 heteroatoms. The fraction of sp³-hybridized carbons (Fsp3) is 0.474. The Kier molecular flexibility index (Phi) is 7.33. The molecule has 5 nitrogen and oxygen atoms in total. The van der Waals surface area contributed by atoms with Crippen LogP contribution in [0.2, 0.25) is 0 Å². The maximum atomic E-state index is 4.69. The lowest BCUT2D eigenvalue weighted by molar-refractivity contribution is 0.573. The molecule has 0 aliphatic heterocycles. The smallest absolute Gasteiger partial charge is 0.191 e. The Morgan fingerprint density at radius 3 is 2.75 bits per heavy atom. The van der Waals surface area contributed by atoms with Crippen molar-refractivity contribution in [2.24, 2.45) is 10.9 Å². The highest BCUT2D eigenvalue weighted by Gasteiger charge is 2.01. The van der Waals surface area contributed by atoms with Crippen LogP contribution in [0.1, 0.15) is 38.3 Å². The highest BCUT2D eigenvalue weighted by Crippen LogP contribution is 2.08. The number of guanidine groups is 1. The van der Waals surface area contributed by atoms with Gasteiger partial charge in [-0.3, -0.25) is 4.68 Å². The predicted octanol–water partition coefficient (Wildman–Crippen LogP) is 3.03. The van der Waals surface area contributed by atoms with Crippen molar-refractivity contribution in [1.82, 2.24) is 20.4 Å². The van der Waals surface area contributed by atoms with Gasteiger partial charge in [0.2, 0.25) is 0 Å². The standard InChI is InChI=1S/C19H29N5/c1-4-20-19(21-11-9-16(2)3)22-14-17-7-5-8-18(13-17)15-24-12-6-10-23-24/h5-8,10,12-13,16H,4,9,11,14-15H2,1-3H3,(H2,20,21,22). The summed E-state index contributed by atoms with van der Waals surface area (Å²) in [4.78, 5) is 4.69. The Bertz CT molecular complexity index is 616. The highest BCUT2D eigenvalue weighted by molar-refractivity contribution is 5.79. The SMILES string of the molecule is CCNC(=NCc1cccc(Cn2cccn2)c1)NCCC(C)C. The first-order chi connectivity index (χ1) is 11.7. The van der Waals surface area contributed by atoms with Crippen LogP contribution in [0.3, 0.4) is 0 Å². The fourth-order valence-corrected chi connectivity index (χ4v) is 2.40. The van der Waals surface area contributed by atoms with Crippen LogP contribution in [0, 0.1) is 5.92 Å². The molecule has 0 fully saturated rings. The van der Waals surface area contributed by atoms with Gasteiger partial charge < -0.3 is 10.6 Å². The van der Waals surface area contributed by atoms with E-state index in [4.69, 9.17) is 4.99 Å². The third-order valence-corrected chi connectivity index (χ3v) is 3.67. The summed E-state index contributed by atoms with van der Waals surface area (Å²) in [7, 11) is 0.